The van der Waals surface area contributed by atoms with E-state index < -0.39 is 10.8 Å². The van der Waals surface area contributed by atoms with Crippen molar-refractivity contribution < 1.29 is 14.5 Å². The second-order valence-electron chi connectivity index (χ2n) is 6.30. The minimum absolute atomic E-state index is 0.00825. The van der Waals surface area contributed by atoms with Crippen LogP contribution in [0.4, 0.5) is 5.69 Å². The Morgan fingerprint density at radius 2 is 1.77 bits per heavy atom. The summed E-state index contributed by atoms with van der Waals surface area (Å²) in [4.78, 5) is 33.9. The van der Waals surface area contributed by atoms with Gasteiger partial charge in [0.25, 0.3) is 11.6 Å². The SMILES string of the molecule is O=C(CCC1CCCCC1)NC(=S)NNC(=O)c1ccc([N+](=O)[O-])cc1. The van der Waals surface area contributed by atoms with E-state index in [4.69, 9.17) is 12.2 Å². The number of benzene rings is 1. The Morgan fingerprint density at radius 1 is 1.12 bits per heavy atom. The molecule has 1 aliphatic rings. The van der Waals surface area contributed by atoms with Crippen LogP contribution in [0, 0.1) is 16.0 Å². The Bertz CT molecular complexity index is 672. The quantitative estimate of drug-likeness (QED) is 0.412. The first-order valence-corrected chi connectivity index (χ1v) is 9.01. The van der Waals surface area contributed by atoms with Gasteiger partial charge in [0.2, 0.25) is 5.91 Å². The van der Waals surface area contributed by atoms with Crippen molar-refractivity contribution in [2.45, 2.75) is 44.9 Å². The largest absolute Gasteiger partial charge is 0.302 e. The second-order valence-corrected chi connectivity index (χ2v) is 6.71. The van der Waals surface area contributed by atoms with Gasteiger partial charge in [0.05, 0.1) is 4.92 Å². The van der Waals surface area contributed by atoms with Crippen LogP contribution in [0.5, 0.6) is 0 Å². The maximum absolute atomic E-state index is 11.9. The van der Waals surface area contributed by atoms with Gasteiger partial charge < -0.3 is 5.32 Å². The Morgan fingerprint density at radius 3 is 2.38 bits per heavy atom. The molecule has 1 fully saturated rings. The molecule has 140 valence electrons. The molecule has 1 aliphatic carbocycles. The summed E-state index contributed by atoms with van der Waals surface area (Å²) in [5.41, 5.74) is 4.93. The summed E-state index contributed by atoms with van der Waals surface area (Å²) in [5, 5.41) is 13.1. The van der Waals surface area contributed by atoms with Gasteiger partial charge in [-0.15, -0.1) is 0 Å². The topological polar surface area (TPSA) is 113 Å². The summed E-state index contributed by atoms with van der Waals surface area (Å²) in [6, 6.07) is 5.14. The number of nitrogens with one attached hydrogen (secondary N) is 3. The average molecular weight is 378 g/mol. The number of nitro benzene ring substituents is 1. The number of hydrogen-bond acceptors (Lipinski definition) is 5. The summed E-state index contributed by atoms with van der Waals surface area (Å²) < 4.78 is 0. The van der Waals surface area contributed by atoms with Gasteiger partial charge in [-0.2, -0.15) is 0 Å². The number of carbonyl (C=O) groups excluding carboxylic acids is 2. The van der Waals surface area contributed by atoms with Crippen LogP contribution in [-0.4, -0.2) is 21.9 Å². The molecule has 0 radical (unpaired) electrons. The molecule has 1 aromatic carbocycles. The van der Waals surface area contributed by atoms with E-state index in [-0.39, 0.29) is 22.3 Å². The summed E-state index contributed by atoms with van der Waals surface area (Å²) >= 11 is 4.98. The number of thiocarbonyl (C=S) groups is 1. The number of nitro groups is 1. The van der Waals surface area contributed by atoms with Crippen LogP contribution in [0.1, 0.15) is 55.3 Å². The lowest BCUT2D eigenvalue weighted by atomic mass is 9.86. The highest BCUT2D eigenvalue weighted by molar-refractivity contribution is 7.80. The van der Waals surface area contributed by atoms with Gasteiger partial charge in [0.15, 0.2) is 5.11 Å². The van der Waals surface area contributed by atoms with E-state index in [1.165, 1.54) is 56.4 Å². The minimum Gasteiger partial charge on any atom is -0.302 e. The van der Waals surface area contributed by atoms with Crippen molar-refractivity contribution in [1.82, 2.24) is 16.2 Å². The van der Waals surface area contributed by atoms with Crippen molar-refractivity contribution in [2.24, 2.45) is 5.92 Å². The summed E-state index contributed by atoms with van der Waals surface area (Å²) in [6.45, 7) is 0. The molecule has 0 aliphatic heterocycles. The highest BCUT2D eigenvalue weighted by Gasteiger charge is 2.15. The van der Waals surface area contributed by atoms with Crippen molar-refractivity contribution in [3.63, 3.8) is 0 Å². The molecular weight excluding hydrogens is 356 g/mol. The molecule has 0 spiro atoms. The molecule has 1 saturated carbocycles. The summed E-state index contributed by atoms with van der Waals surface area (Å²) in [5.74, 6) is -0.0887. The lowest BCUT2D eigenvalue weighted by molar-refractivity contribution is -0.384. The first-order chi connectivity index (χ1) is 12.5. The van der Waals surface area contributed by atoms with E-state index in [0.29, 0.717) is 12.3 Å². The molecule has 0 saturated heterocycles. The fourth-order valence-electron chi connectivity index (χ4n) is 2.95. The molecule has 3 N–H and O–H groups in total. The number of amides is 2. The zero-order valence-corrected chi connectivity index (χ0v) is 15.1. The maximum atomic E-state index is 11.9. The van der Waals surface area contributed by atoms with Crippen molar-refractivity contribution in [2.75, 3.05) is 0 Å². The molecule has 9 heteroatoms. The first-order valence-electron chi connectivity index (χ1n) is 8.60. The number of non-ortho nitro benzene ring substituents is 1. The highest BCUT2D eigenvalue weighted by atomic mass is 32.1. The number of nitrogens with zero attached hydrogens (tertiary/aromatic N) is 1. The normalized spacial score (nSPS) is 14.3. The van der Waals surface area contributed by atoms with Crippen molar-refractivity contribution >= 4 is 34.8 Å². The first kappa shape index (κ1) is 19.8. The number of rotatable bonds is 5. The second kappa shape index (κ2) is 9.81. The van der Waals surface area contributed by atoms with Crippen LogP contribution < -0.4 is 16.2 Å². The highest BCUT2D eigenvalue weighted by Crippen LogP contribution is 2.27. The zero-order valence-electron chi connectivity index (χ0n) is 14.3. The van der Waals surface area contributed by atoms with Gasteiger partial charge in [0, 0.05) is 24.1 Å². The number of carbonyl (C=O) groups is 2. The Kier molecular flexibility index (Phi) is 7.46. The van der Waals surface area contributed by atoms with E-state index in [0.717, 1.165) is 6.42 Å². The third-order valence-electron chi connectivity index (χ3n) is 4.39. The molecular formula is C17H22N4O4S. The molecule has 1 aromatic rings. The van der Waals surface area contributed by atoms with Crippen molar-refractivity contribution in [3.8, 4) is 0 Å². The maximum Gasteiger partial charge on any atom is 0.269 e. The molecule has 8 nitrogen and oxygen atoms in total. The molecule has 2 amide bonds. The van der Waals surface area contributed by atoms with Crippen LogP contribution in [0.15, 0.2) is 24.3 Å². The van der Waals surface area contributed by atoms with E-state index in [9.17, 15) is 19.7 Å². The molecule has 26 heavy (non-hydrogen) atoms. The van der Waals surface area contributed by atoms with E-state index in [1.807, 2.05) is 0 Å². The zero-order chi connectivity index (χ0) is 18.9. The van der Waals surface area contributed by atoms with Crippen LogP contribution in [0.3, 0.4) is 0 Å². The van der Waals surface area contributed by atoms with Crippen molar-refractivity contribution in [3.05, 3.63) is 39.9 Å². The van der Waals surface area contributed by atoms with Gasteiger partial charge >= 0.3 is 0 Å². The van der Waals surface area contributed by atoms with Crippen LogP contribution >= 0.6 is 12.2 Å². The van der Waals surface area contributed by atoms with Crippen LogP contribution in [0.25, 0.3) is 0 Å². The fraction of sp³-hybridized carbons (Fsp3) is 0.471. The van der Waals surface area contributed by atoms with E-state index >= 15 is 0 Å². The van der Waals surface area contributed by atoms with Gasteiger partial charge in [-0.1, -0.05) is 32.1 Å². The monoisotopic (exact) mass is 378 g/mol. The Hall–Kier alpha value is -2.55. The Balaban J connectivity index is 1.69. The van der Waals surface area contributed by atoms with Crippen LogP contribution in [-0.2, 0) is 4.79 Å². The predicted octanol–water partition coefficient (Wildman–Crippen LogP) is 2.59. The number of hydrazine groups is 1. The van der Waals surface area contributed by atoms with Crippen molar-refractivity contribution in [1.29, 1.82) is 0 Å². The molecule has 2 rings (SSSR count). The van der Waals surface area contributed by atoms with E-state index in [1.54, 1.807) is 0 Å². The average Bonchev–Trinajstić information content (AvgIpc) is 2.65. The third-order valence-corrected chi connectivity index (χ3v) is 4.59. The molecule has 0 unspecified atom stereocenters. The fourth-order valence-corrected chi connectivity index (χ4v) is 3.12. The summed E-state index contributed by atoms with van der Waals surface area (Å²) in [6.07, 6.45) is 7.38. The van der Waals surface area contributed by atoms with Gasteiger partial charge in [-0.3, -0.25) is 30.6 Å². The lowest BCUT2D eigenvalue weighted by Gasteiger charge is -2.21. The summed E-state index contributed by atoms with van der Waals surface area (Å²) in [7, 11) is 0. The standard InChI is InChI=1S/C17H22N4O4S/c22-15(11-6-12-4-2-1-3-5-12)18-17(26)20-19-16(23)13-7-9-14(10-8-13)21(24)25/h7-10,12H,1-6,11H2,(H,19,23)(H2,18,20,22,26). The molecule has 0 heterocycles. The lowest BCUT2D eigenvalue weighted by Crippen LogP contribution is -2.48. The molecule has 0 atom stereocenters. The third kappa shape index (κ3) is 6.40. The minimum atomic E-state index is -0.544. The predicted molar refractivity (Wildman–Crippen MR) is 100 cm³/mol. The molecule has 0 aromatic heterocycles. The van der Waals surface area contributed by atoms with Gasteiger partial charge in [-0.05, 0) is 36.7 Å². The number of hydrogen-bond donors (Lipinski definition) is 3. The Labute approximate surface area is 156 Å². The molecule has 0 bridgehead atoms. The van der Waals surface area contributed by atoms with E-state index in [2.05, 4.69) is 16.2 Å². The van der Waals surface area contributed by atoms with Gasteiger partial charge in [-0.25, -0.2) is 0 Å². The van der Waals surface area contributed by atoms with Gasteiger partial charge in [0.1, 0.15) is 0 Å². The smallest absolute Gasteiger partial charge is 0.269 e. The van der Waals surface area contributed by atoms with Crippen LogP contribution in [0.2, 0.25) is 0 Å².